The predicted octanol–water partition coefficient (Wildman–Crippen LogP) is 3.59. The highest BCUT2D eigenvalue weighted by molar-refractivity contribution is 5.41. The van der Waals surface area contributed by atoms with Crippen LogP contribution in [0.5, 0.6) is 0 Å². The second kappa shape index (κ2) is 5.33. The van der Waals surface area contributed by atoms with Crippen molar-refractivity contribution in [1.82, 2.24) is 4.90 Å². The van der Waals surface area contributed by atoms with E-state index in [4.69, 9.17) is 5.73 Å². The summed E-state index contributed by atoms with van der Waals surface area (Å²) in [7, 11) is 0. The second-order valence-corrected chi connectivity index (χ2v) is 6.36. The number of hydrogen-bond donors (Lipinski definition) is 1. The molecule has 1 aromatic rings. The number of rotatable bonds is 2. The van der Waals surface area contributed by atoms with Crippen LogP contribution in [0.2, 0.25) is 0 Å². The molecule has 0 aliphatic carbocycles. The molecular formula is C16H23FN2. The Morgan fingerprint density at radius 1 is 1.26 bits per heavy atom. The highest BCUT2D eigenvalue weighted by Gasteiger charge is 2.21. The lowest BCUT2D eigenvalue weighted by atomic mass is 9.83. The zero-order valence-electron chi connectivity index (χ0n) is 12.0. The third-order valence-corrected chi connectivity index (χ3v) is 3.64. The first-order valence-electron chi connectivity index (χ1n) is 6.81. The Labute approximate surface area is 115 Å². The van der Waals surface area contributed by atoms with Gasteiger partial charge in [0.05, 0.1) is 0 Å². The summed E-state index contributed by atoms with van der Waals surface area (Å²) in [5.74, 6) is -0.252. The van der Waals surface area contributed by atoms with Gasteiger partial charge in [0.1, 0.15) is 5.82 Å². The molecule has 0 saturated carbocycles. The minimum atomic E-state index is -0.252. The normalized spacial score (nSPS) is 17.4. The van der Waals surface area contributed by atoms with E-state index in [1.54, 1.807) is 6.07 Å². The fraction of sp³-hybridized carbons (Fsp3) is 0.500. The third-order valence-electron chi connectivity index (χ3n) is 3.64. The van der Waals surface area contributed by atoms with Gasteiger partial charge in [0, 0.05) is 25.3 Å². The van der Waals surface area contributed by atoms with Gasteiger partial charge >= 0.3 is 0 Å². The Hall–Kier alpha value is -1.35. The van der Waals surface area contributed by atoms with Crippen molar-refractivity contribution in [1.29, 1.82) is 0 Å². The summed E-state index contributed by atoms with van der Waals surface area (Å²) in [5, 5.41) is 0. The van der Waals surface area contributed by atoms with E-state index in [2.05, 4.69) is 31.7 Å². The van der Waals surface area contributed by atoms with Crippen molar-refractivity contribution >= 4 is 5.69 Å². The molecule has 0 atom stereocenters. The van der Waals surface area contributed by atoms with E-state index in [0.717, 1.165) is 31.6 Å². The van der Waals surface area contributed by atoms with E-state index in [1.165, 1.54) is 11.6 Å². The first-order valence-corrected chi connectivity index (χ1v) is 6.81. The van der Waals surface area contributed by atoms with Crippen LogP contribution in [0.4, 0.5) is 10.1 Å². The lowest BCUT2D eigenvalue weighted by Crippen LogP contribution is -2.30. The van der Waals surface area contributed by atoms with Crippen LogP contribution in [-0.4, -0.2) is 18.0 Å². The fourth-order valence-corrected chi connectivity index (χ4v) is 2.56. The number of halogens is 1. The van der Waals surface area contributed by atoms with E-state index in [-0.39, 0.29) is 11.2 Å². The molecule has 0 saturated heterocycles. The van der Waals surface area contributed by atoms with Gasteiger partial charge in [0.25, 0.3) is 0 Å². The van der Waals surface area contributed by atoms with E-state index in [1.807, 2.05) is 6.07 Å². The molecular weight excluding hydrogens is 239 g/mol. The maximum atomic E-state index is 13.3. The van der Waals surface area contributed by atoms with Crippen molar-refractivity contribution in [3.63, 3.8) is 0 Å². The van der Waals surface area contributed by atoms with Gasteiger partial charge in [-0.15, -0.1) is 0 Å². The summed E-state index contributed by atoms with van der Waals surface area (Å²) in [6.45, 7) is 9.48. The molecule has 104 valence electrons. The van der Waals surface area contributed by atoms with Crippen LogP contribution < -0.4 is 5.73 Å². The maximum Gasteiger partial charge on any atom is 0.125 e. The Kier molecular flexibility index (Phi) is 3.95. The number of anilines is 1. The van der Waals surface area contributed by atoms with Crippen molar-refractivity contribution in [2.24, 2.45) is 5.41 Å². The van der Waals surface area contributed by atoms with Crippen LogP contribution in [0.25, 0.3) is 0 Å². The number of nitrogens with zero attached hydrogens (tertiary/aromatic N) is 1. The predicted molar refractivity (Wildman–Crippen MR) is 78.2 cm³/mol. The molecule has 19 heavy (non-hydrogen) atoms. The van der Waals surface area contributed by atoms with Crippen LogP contribution in [0.15, 0.2) is 29.8 Å². The number of hydrogen-bond acceptors (Lipinski definition) is 2. The molecule has 0 bridgehead atoms. The van der Waals surface area contributed by atoms with Crippen molar-refractivity contribution in [3.8, 4) is 0 Å². The summed E-state index contributed by atoms with van der Waals surface area (Å²) in [4.78, 5) is 2.32. The van der Waals surface area contributed by atoms with Gasteiger partial charge in [-0.25, -0.2) is 4.39 Å². The average molecular weight is 262 g/mol. The second-order valence-electron chi connectivity index (χ2n) is 6.36. The molecule has 1 aliphatic rings. The van der Waals surface area contributed by atoms with Gasteiger partial charge in [-0.1, -0.05) is 32.4 Å². The van der Waals surface area contributed by atoms with Gasteiger partial charge in [0.15, 0.2) is 0 Å². The highest BCUT2D eigenvalue weighted by Crippen LogP contribution is 2.30. The van der Waals surface area contributed by atoms with Gasteiger partial charge in [-0.2, -0.15) is 0 Å². The third kappa shape index (κ3) is 3.80. The standard InChI is InChI=1S/C16H23FN2/c1-16(2,3)13-4-6-19(7-5-13)11-12-8-14(17)10-15(18)9-12/h4,8-10H,5-7,11,18H2,1-3H3. The van der Waals surface area contributed by atoms with Gasteiger partial charge in [-0.3, -0.25) is 4.90 Å². The van der Waals surface area contributed by atoms with E-state index in [9.17, 15) is 4.39 Å². The molecule has 0 spiro atoms. The van der Waals surface area contributed by atoms with Crippen LogP contribution in [0.3, 0.4) is 0 Å². The van der Waals surface area contributed by atoms with E-state index >= 15 is 0 Å². The molecule has 0 fully saturated rings. The average Bonchev–Trinajstić information content (AvgIpc) is 2.26. The molecule has 1 aromatic carbocycles. The fourth-order valence-electron chi connectivity index (χ4n) is 2.56. The van der Waals surface area contributed by atoms with E-state index in [0.29, 0.717) is 5.69 Å². The van der Waals surface area contributed by atoms with Crippen LogP contribution in [-0.2, 0) is 6.54 Å². The Bertz CT molecular complexity index is 466. The monoisotopic (exact) mass is 262 g/mol. The molecule has 0 aromatic heterocycles. The summed E-state index contributed by atoms with van der Waals surface area (Å²) < 4.78 is 13.3. The first-order chi connectivity index (χ1) is 8.84. The SMILES string of the molecule is CC(C)(C)C1=CCN(Cc2cc(N)cc(F)c2)CC1. The molecule has 0 amide bonds. The van der Waals surface area contributed by atoms with E-state index < -0.39 is 0 Å². The molecule has 1 heterocycles. The minimum Gasteiger partial charge on any atom is -0.399 e. The lowest BCUT2D eigenvalue weighted by molar-refractivity contribution is 0.271. The molecule has 2 nitrogen and oxygen atoms in total. The number of nitrogen functional groups attached to an aromatic ring is 1. The van der Waals surface area contributed by atoms with Crippen molar-refractivity contribution in [2.75, 3.05) is 18.8 Å². The first kappa shape index (κ1) is 14.1. The zero-order valence-corrected chi connectivity index (χ0v) is 12.0. The molecule has 0 unspecified atom stereocenters. The molecule has 1 aliphatic heterocycles. The smallest absolute Gasteiger partial charge is 0.125 e. The Morgan fingerprint density at radius 2 is 2.00 bits per heavy atom. The van der Waals surface area contributed by atoms with Gasteiger partial charge < -0.3 is 5.73 Å². The Balaban J connectivity index is 2.01. The molecule has 2 N–H and O–H groups in total. The maximum absolute atomic E-state index is 13.3. The van der Waals surface area contributed by atoms with Crippen LogP contribution in [0, 0.1) is 11.2 Å². The van der Waals surface area contributed by atoms with Crippen LogP contribution in [0.1, 0.15) is 32.8 Å². The van der Waals surface area contributed by atoms with Crippen LogP contribution >= 0.6 is 0 Å². The van der Waals surface area contributed by atoms with Crippen molar-refractivity contribution < 1.29 is 4.39 Å². The Morgan fingerprint density at radius 3 is 2.53 bits per heavy atom. The summed E-state index contributed by atoms with van der Waals surface area (Å²) >= 11 is 0. The summed E-state index contributed by atoms with van der Waals surface area (Å²) in [6, 6.07) is 4.78. The highest BCUT2D eigenvalue weighted by atomic mass is 19.1. The molecule has 0 radical (unpaired) electrons. The summed E-state index contributed by atoms with van der Waals surface area (Å²) in [6.07, 6.45) is 3.40. The number of benzene rings is 1. The zero-order chi connectivity index (χ0) is 14.0. The molecule has 2 rings (SSSR count). The molecule has 3 heteroatoms. The largest absolute Gasteiger partial charge is 0.399 e. The van der Waals surface area contributed by atoms with Gasteiger partial charge in [0.2, 0.25) is 0 Å². The number of nitrogens with two attached hydrogens (primary N) is 1. The summed E-state index contributed by atoms with van der Waals surface area (Å²) in [5.41, 5.74) is 8.90. The minimum absolute atomic E-state index is 0.252. The van der Waals surface area contributed by atoms with Crippen molar-refractivity contribution in [3.05, 3.63) is 41.2 Å². The topological polar surface area (TPSA) is 29.3 Å². The van der Waals surface area contributed by atoms with Crippen molar-refractivity contribution in [2.45, 2.75) is 33.7 Å². The quantitative estimate of drug-likeness (QED) is 0.652. The van der Waals surface area contributed by atoms with Gasteiger partial charge in [-0.05, 0) is 35.6 Å². The lowest BCUT2D eigenvalue weighted by Gasteiger charge is -2.32.